The first-order valence-corrected chi connectivity index (χ1v) is 19.3. The fraction of sp³-hybridized carbons (Fsp3) is 0.810. The number of hydrogen-bond donors (Lipinski definition) is 1. The summed E-state index contributed by atoms with van der Waals surface area (Å²) in [7, 11) is 0. The summed E-state index contributed by atoms with van der Waals surface area (Å²) >= 11 is 0. The summed E-state index contributed by atoms with van der Waals surface area (Å²) in [5.41, 5.74) is -3.45. The predicted molar refractivity (Wildman–Crippen MR) is 185 cm³/mol. The van der Waals surface area contributed by atoms with Crippen molar-refractivity contribution in [2.24, 2.45) is 57.7 Å². The van der Waals surface area contributed by atoms with E-state index in [4.69, 9.17) is 9.47 Å². The number of rotatable bonds is 7. The molecule has 0 radical (unpaired) electrons. The number of ketones is 1. The zero-order chi connectivity index (χ0) is 33.8. The predicted octanol–water partition coefficient (Wildman–Crippen LogP) is 9.20. The summed E-state index contributed by atoms with van der Waals surface area (Å²) in [6.45, 7) is 18.2. The van der Waals surface area contributed by atoms with Crippen molar-refractivity contribution >= 4 is 11.8 Å². The van der Waals surface area contributed by atoms with Gasteiger partial charge in [0, 0.05) is 17.8 Å². The number of carbonyl (C=O) groups is 2. The summed E-state index contributed by atoms with van der Waals surface area (Å²) in [6.07, 6.45) is 11.6. The van der Waals surface area contributed by atoms with Crippen LogP contribution in [0, 0.1) is 57.7 Å². The lowest BCUT2D eigenvalue weighted by molar-refractivity contribution is -0.238. The van der Waals surface area contributed by atoms with E-state index < -0.39 is 28.3 Å². The molecular weight excluding hydrogens is 584 g/mol. The molecule has 1 N–H and O–H groups in total. The number of Topliss-reactive ketones (excluding diaryl/α,β-unsaturated/α-hetero) is 1. The van der Waals surface area contributed by atoms with E-state index in [0.717, 1.165) is 37.0 Å². The van der Waals surface area contributed by atoms with Gasteiger partial charge in [0.05, 0.1) is 5.56 Å². The molecule has 0 unspecified atom stereocenters. The third kappa shape index (κ3) is 4.59. The molecule has 12 atom stereocenters. The van der Waals surface area contributed by atoms with Gasteiger partial charge >= 0.3 is 5.97 Å². The maximum atomic E-state index is 14.8. The van der Waals surface area contributed by atoms with E-state index in [1.165, 1.54) is 38.5 Å². The van der Waals surface area contributed by atoms with Gasteiger partial charge in [-0.1, -0.05) is 85.9 Å². The molecule has 1 aromatic rings. The fourth-order valence-electron chi connectivity index (χ4n) is 13.6. The lowest BCUT2D eigenvalue weighted by Gasteiger charge is -2.64. The Kier molecular flexibility index (Phi) is 8.00. The highest BCUT2D eigenvalue weighted by Crippen LogP contribution is 2.75. The van der Waals surface area contributed by atoms with Crippen LogP contribution in [0.25, 0.3) is 0 Å². The average Bonchev–Trinajstić information content (AvgIpc) is 3.53. The summed E-state index contributed by atoms with van der Waals surface area (Å²) in [5.74, 6) is 3.57. The maximum Gasteiger partial charge on any atom is 0.338 e. The highest BCUT2D eigenvalue weighted by atomic mass is 16.6. The minimum Gasteiger partial charge on any atom is -0.455 e. The maximum absolute atomic E-state index is 14.8. The number of aliphatic hydroxyl groups is 1. The van der Waals surface area contributed by atoms with E-state index >= 15 is 0 Å². The third-order valence-corrected chi connectivity index (χ3v) is 16.2. The minimum absolute atomic E-state index is 0.0957. The summed E-state index contributed by atoms with van der Waals surface area (Å²) in [6, 6.07) is 9.22. The lowest BCUT2D eigenvalue weighted by Crippen LogP contribution is -2.72. The average molecular weight is 647 g/mol. The van der Waals surface area contributed by atoms with Gasteiger partial charge in [-0.2, -0.15) is 0 Å². The second-order valence-electron chi connectivity index (χ2n) is 19.0. The molecule has 47 heavy (non-hydrogen) atoms. The Morgan fingerprint density at radius 1 is 0.872 bits per heavy atom. The van der Waals surface area contributed by atoms with E-state index in [1.54, 1.807) is 12.1 Å². The summed E-state index contributed by atoms with van der Waals surface area (Å²) in [5, 5.41) is 13.0. The van der Waals surface area contributed by atoms with Gasteiger partial charge in [-0.15, -0.1) is 0 Å². The first-order valence-electron chi connectivity index (χ1n) is 19.3. The van der Waals surface area contributed by atoms with Gasteiger partial charge < -0.3 is 14.6 Å². The molecule has 5 saturated carbocycles. The molecule has 1 aliphatic heterocycles. The molecule has 6 aliphatic rings. The van der Waals surface area contributed by atoms with Crippen LogP contribution < -0.4 is 0 Å². The minimum atomic E-state index is -1.38. The zero-order valence-electron chi connectivity index (χ0n) is 30.6. The van der Waals surface area contributed by atoms with Crippen LogP contribution in [0.1, 0.15) is 143 Å². The van der Waals surface area contributed by atoms with Crippen molar-refractivity contribution in [1.29, 1.82) is 0 Å². The van der Waals surface area contributed by atoms with Crippen molar-refractivity contribution in [3.8, 4) is 0 Å². The van der Waals surface area contributed by atoms with Gasteiger partial charge in [0.15, 0.2) is 11.4 Å². The van der Waals surface area contributed by atoms with Gasteiger partial charge in [0.1, 0.15) is 17.3 Å². The van der Waals surface area contributed by atoms with Crippen LogP contribution >= 0.6 is 0 Å². The van der Waals surface area contributed by atoms with Crippen molar-refractivity contribution in [2.75, 3.05) is 0 Å². The van der Waals surface area contributed by atoms with Gasteiger partial charge in [-0.25, -0.2) is 4.79 Å². The van der Waals surface area contributed by atoms with E-state index in [9.17, 15) is 14.7 Å². The second-order valence-corrected chi connectivity index (χ2v) is 19.0. The Morgan fingerprint density at radius 3 is 2.26 bits per heavy atom. The normalized spacial score (nSPS) is 47.1. The van der Waals surface area contributed by atoms with Crippen LogP contribution in [0.2, 0.25) is 0 Å². The Balaban J connectivity index is 1.24. The van der Waals surface area contributed by atoms with Crippen LogP contribution in [0.4, 0.5) is 0 Å². The largest absolute Gasteiger partial charge is 0.455 e. The molecular formula is C42H62O5. The van der Waals surface area contributed by atoms with Gasteiger partial charge in [0.2, 0.25) is 0 Å². The van der Waals surface area contributed by atoms with Crippen molar-refractivity contribution in [3.05, 3.63) is 35.9 Å². The van der Waals surface area contributed by atoms with E-state index in [2.05, 4.69) is 41.5 Å². The highest BCUT2D eigenvalue weighted by Gasteiger charge is 2.86. The van der Waals surface area contributed by atoms with Gasteiger partial charge in [0.25, 0.3) is 0 Å². The van der Waals surface area contributed by atoms with Crippen molar-refractivity contribution in [1.82, 2.24) is 0 Å². The van der Waals surface area contributed by atoms with E-state index in [1.807, 2.05) is 32.0 Å². The molecule has 2 bridgehead atoms. The van der Waals surface area contributed by atoms with E-state index in [-0.39, 0.29) is 23.1 Å². The number of hydrogen-bond acceptors (Lipinski definition) is 5. The molecule has 5 heteroatoms. The van der Waals surface area contributed by atoms with Crippen molar-refractivity contribution in [2.45, 2.75) is 155 Å². The molecule has 0 amide bonds. The van der Waals surface area contributed by atoms with Crippen LogP contribution in [0.3, 0.4) is 0 Å². The fourth-order valence-corrected chi connectivity index (χ4v) is 13.6. The zero-order valence-corrected chi connectivity index (χ0v) is 30.6. The van der Waals surface area contributed by atoms with Gasteiger partial charge in [-0.05, 0) is 117 Å². The third-order valence-electron chi connectivity index (χ3n) is 16.2. The number of epoxide rings is 1. The van der Waals surface area contributed by atoms with Crippen LogP contribution in [-0.2, 0) is 14.3 Å². The molecule has 5 aliphatic carbocycles. The van der Waals surface area contributed by atoms with Crippen LogP contribution in [-0.4, -0.2) is 39.8 Å². The molecule has 1 heterocycles. The second kappa shape index (κ2) is 11.1. The number of benzene rings is 1. The first-order chi connectivity index (χ1) is 22.1. The summed E-state index contributed by atoms with van der Waals surface area (Å²) in [4.78, 5) is 28.7. The standard InChI is InChI=1S/C42H62O5/c1-26(2)13-12-14-27(3)30-19-20-31-29-17-18-33-35(46-36(44)28-15-10-9-11-16-28)41(45)24-23-40(8)42(47-40,37(41,4)5)34(43)25-39(33,7)32(29)21-22-38(30,31)6/h9-11,15-16,26-27,29-33,35,45H,12-14,17-25H2,1-8H3/t27-,29+,30-,31+,32+,33+,35+,38-,39-,40-,41-,42+/m1/s1. The number of ether oxygens (including phenoxy) is 2. The Labute approximate surface area is 284 Å². The van der Waals surface area contributed by atoms with Crippen LogP contribution in [0.15, 0.2) is 30.3 Å². The molecule has 7 rings (SSSR count). The molecule has 6 fully saturated rings. The molecule has 5 nitrogen and oxygen atoms in total. The molecule has 1 saturated heterocycles. The highest BCUT2D eigenvalue weighted by molar-refractivity contribution is 5.94. The van der Waals surface area contributed by atoms with Crippen molar-refractivity contribution in [3.63, 3.8) is 0 Å². The van der Waals surface area contributed by atoms with Crippen molar-refractivity contribution < 1.29 is 24.2 Å². The molecule has 1 aromatic carbocycles. The Bertz CT molecular complexity index is 1390. The lowest BCUT2D eigenvalue weighted by atomic mass is 9.41. The quantitative estimate of drug-likeness (QED) is 0.236. The molecule has 0 aromatic heterocycles. The SMILES string of the molecule is CC(C)CCC[C@@H](C)[C@H]1CC[C@H]2[C@@H]3CC[C@H]4[C@H](OC(=O)c5ccccc5)[C@]5(O)CC[C@@]6(C)O[C@@]6(C(=O)C[C@]4(C)[C@H]3CC[C@]12C)C5(C)C. The Morgan fingerprint density at radius 2 is 1.55 bits per heavy atom. The number of esters is 1. The smallest absolute Gasteiger partial charge is 0.338 e. The topological polar surface area (TPSA) is 76.1 Å². The summed E-state index contributed by atoms with van der Waals surface area (Å²) < 4.78 is 13.2. The number of carbonyl (C=O) groups excluding carboxylic acids is 2. The van der Waals surface area contributed by atoms with Crippen LogP contribution in [0.5, 0.6) is 0 Å². The Hall–Kier alpha value is -1.72. The molecule has 1 spiro atoms. The number of fused-ring (bicyclic) bond motifs is 6. The van der Waals surface area contributed by atoms with Gasteiger partial charge in [-0.3, -0.25) is 4.79 Å². The van der Waals surface area contributed by atoms with E-state index in [0.29, 0.717) is 48.0 Å². The first kappa shape index (κ1) is 33.8. The monoisotopic (exact) mass is 646 g/mol. The molecule has 260 valence electrons.